The van der Waals surface area contributed by atoms with E-state index in [4.69, 9.17) is 5.11 Å². The highest BCUT2D eigenvalue weighted by Crippen LogP contribution is 2.17. The minimum Gasteiger partial charge on any atom is -0.481 e. The summed E-state index contributed by atoms with van der Waals surface area (Å²) in [6.45, 7) is 1.67. The van der Waals surface area contributed by atoms with Crippen LogP contribution in [0.5, 0.6) is 0 Å². The number of carboxylic acid groups (broad SMARTS) is 1. The van der Waals surface area contributed by atoms with E-state index in [0.29, 0.717) is 23.0 Å². The smallest absolute Gasteiger partial charge is 0.307 e. The SMILES string of the molecule is CC(Br)C(=O)c1ccc(C=O)cc1CC(=O)O. The molecule has 1 atom stereocenters. The molecule has 0 aliphatic carbocycles. The van der Waals surface area contributed by atoms with Crippen molar-refractivity contribution >= 4 is 34.0 Å². The van der Waals surface area contributed by atoms with Crippen LogP contribution in [0, 0.1) is 0 Å². The van der Waals surface area contributed by atoms with Crippen molar-refractivity contribution in [1.82, 2.24) is 0 Å². The predicted molar refractivity (Wildman–Crippen MR) is 65.9 cm³/mol. The molecule has 1 aromatic rings. The van der Waals surface area contributed by atoms with E-state index in [9.17, 15) is 14.4 Å². The minimum absolute atomic E-state index is 0.196. The van der Waals surface area contributed by atoms with Crippen LogP contribution in [0.15, 0.2) is 18.2 Å². The number of carboxylic acids is 1. The average Bonchev–Trinajstić information content (AvgIpc) is 2.27. The predicted octanol–water partition coefficient (Wildman–Crippen LogP) is 2.09. The summed E-state index contributed by atoms with van der Waals surface area (Å²) >= 11 is 3.15. The fourth-order valence-electron chi connectivity index (χ4n) is 1.45. The molecule has 0 radical (unpaired) electrons. The Hall–Kier alpha value is -1.49. The van der Waals surface area contributed by atoms with Gasteiger partial charge >= 0.3 is 5.97 Å². The molecule has 0 saturated heterocycles. The number of hydrogen-bond acceptors (Lipinski definition) is 3. The number of alkyl halides is 1. The third-order valence-electron chi connectivity index (χ3n) is 2.23. The number of Topliss-reactive ketones (excluding diaryl/α,β-unsaturated/α-hetero) is 1. The van der Waals surface area contributed by atoms with Gasteiger partial charge < -0.3 is 5.11 Å². The van der Waals surface area contributed by atoms with Gasteiger partial charge in [0.05, 0.1) is 11.2 Å². The minimum atomic E-state index is -1.04. The van der Waals surface area contributed by atoms with Crippen molar-refractivity contribution in [3.63, 3.8) is 0 Å². The van der Waals surface area contributed by atoms with Crippen LogP contribution in [0.1, 0.15) is 33.2 Å². The number of rotatable bonds is 5. The maximum atomic E-state index is 11.8. The van der Waals surface area contributed by atoms with Gasteiger partial charge in [-0.25, -0.2) is 0 Å². The van der Waals surface area contributed by atoms with Gasteiger partial charge in [0, 0.05) is 11.1 Å². The molecule has 5 heteroatoms. The molecule has 1 aromatic carbocycles. The summed E-state index contributed by atoms with van der Waals surface area (Å²) in [7, 11) is 0. The highest BCUT2D eigenvalue weighted by Gasteiger charge is 2.17. The van der Waals surface area contributed by atoms with Crippen molar-refractivity contribution in [3.8, 4) is 0 Å². The van der Waals surface area contributed by atoms with Gasteiger partial charge in [-0.3, -0.25) is 14.4 Å². The number of ketones is 1. The summed E-state index contributed by atoms with van der Waals surface area (Å²) in [6.07, 6.45) is 0.347. The number of halogens is 1. The second kappa shape index (κ2) is 5.72. The molecule has 0 bridgehead atoms. The summed E-state index contributed by atoms with van der Waals surface area (Å²) in [5.41, 5.74) is 1.06. The zero-order chi connectivity index (χ0) is 13.0. The molecule has 0 spiro atoms. The van der Waals surface area contributed by atoms with Crippen molar-refractivity contribution in [3.05, 3.63) is 34.9 Å². The van der Waals surface area contributed by atoms with Crippen LogP contribution in [0.25, 0.3) is 0 Å². The van der Waals surface area contributed by atoms with E-state index in [1.165, 1.54) is 18.2 Å². The third kappa shape index (κ3) is 3.49. The Morgan fingerprint density at radius 1 is 1.47 bits per heavy atom. The maximum Gasteiger partial charge on any atom is 0.307 e. The first kappa shape index (κ1) is 13.6. The molecule has 1 unspecified atom stereocenters. The Labute approximate surface area is 107 Å². The van der Waals surface area contributed by atoms with Crippen LogP contribution >= 0.6 is 15.9 Å². The van der Waals surface area contributed by atoms with Gasteiger partial charge in [-0.15, -0.1) is 0 Å². The van der Waals surface area contributed by atoms with E-state index in [1.54, 1.807) is 6.92 Å². The number of aliphatic carboxylic acids is 1. The second-order valence-corrected chi connectivity index (χ2v) is 4.96. The lowest BCUT2D eigenvalue weighted by molar-refractivity contribution is -0.136. The topological polar surface area (TPSA) is 71.4 Å². The summed E-state index contributed by atoms with van der Waals surface area (Å²) < 4.78 is 0. The van der Waals surface area contributed by atoms with Crippen LogP contribution in [0.2, 0.25) is 0 Å². The van der Waals surface area contributed by atoms with Crippen LogP contribution in [-0.4, -0.2) is 28.0 Å². The molecule has 1 N–H and O–H groups in total. The van der Waals surface area contributed by atoms with Gasteiger partial charge in [0.2, 0.25) is 0 Å². The first-order chi connectivity index (χ1) is 7.95. The lowest BCUT2D eigenvalue weighted by atomic mass is 9.97. The van der Waals surface area contributed by atoms with Crippen molar-refractivity contribution < 1.29 is 19.5 Å². The third-order valence-corrected chi connectivity index (χ3v) is 2.65. The molecule has 0 aliphatic rings. The van der Waals surface area contributed by atoms with E-state index < -0.39 is 10.8 Å². The standard InChI is InChI=1S/C12H11BrO4/c1-7(13)12(17)10-3-2-8(6-14)4-9(10)5-11(15)16/h2-4,6-7H,5H2,1H3,(H,15,16). The Balaban J connectivity index is 3.23. The zero-order valence-electron chi connectivity index (χ0n) is 9.14. The quantitative estimate of drug-likeness (QED) is 0.513. The van der Waals surface area contributed by atoms with Gasteiger partial charge in [0.15, 0.2) is 5.78 Å². The first-order valence-electron chi connectivity index (χ1n) is 4.94. The monoisotopic (exact) mass is 298 g/mol. The Kier molecular flexibility index (Phi) is 4.57. The van der Waals surface area contributed by atoms with E-state index >= 15 is 0 Å². The molecule has 0 saturated carbocycles. The first-order valence-corrected chi connectivity index (χ1v) is 5.85. The van der Waals surface area contributed by atoms with E-state index in [-0.39, 0.29) is 12.2 Å². The fourth-order valence-corrected chi connectivity index (χ4v) is 1.70. The molecule has 0 heterocycles. The Morgan fingerprint density at radius 3 is 2.59 bits per heavy atom. The normalized spacial score (nSPS) is 11.9. The second-order valence-electron chi connectivity index (χ2n) is 3.59. The van der Waals surface area contributed by atoms with Crippen molar-refractivity contribution in [1.29, 1.82) is 0 Å². The molecule has 1 rings (SSSR count). The molecule has 4 nitrogen and oxygen atoms in total. The van der Waals surface area contributed by atoms with E-state index in [0.717, 1.165) is 0 Å². The van der Waals surface area contributed by atoms with E-state index in [1.807, 2.05) is 0 Å². The summed E-state index contributed by atoms with van der Waals surface area (Å²) in [6, 6.07) is 4.42. The molecular formula is C12H11BrO4. The maximum absolute atomic E-state index is 11.8. The summed E-state index contributed by atoms with van der Waals surface area (Å²) in [4.78, 5) is 32.7. The number of carbonyl (C=O) groups excluding carboxylic acids is 2. The van der Waals surface area contributed by atoms with Gasteiger partial charge in [0.1, 0.15) is 6.29 Å². The van der Waals surface area contributed by atoms with Gasteiger partial charge in [0.25, 0.3) is 0 Å². The largest absolute Gasteiger partial charge is 0.481 e. The van der Waals surface area contributed by atoms with Crippen molar-refractivity contribution in [2.45, 2.75) is 18.2 Å². The highest BCUT2D eigenvalue weighted by atomic mass is 79.9. The lowest BCUT2D eigenvalue weighted by Gasteiger charge is -2.09. The van der Waals surface area contributed by atoms with Crippen LogP contribution in [0.3, 0.4) is 0 Å². The molecule has 0 amide bonds. The lowest BCUT2D eigenvalue weighted by Crippen LogP contribution is -2.15. The van der Waals surface area contributed by atoms with E-state index in [2.05, 4.69) is 15.9 Å². The average molecular weight is 299 g/mol. The fraction of sp³-hybridized carbons (Fsp3) is 0.250. The van der Waals surface area contributed by atoms with Gasteiger partial charge in [-0.2, -0.15) is 0 Å². The van der Waals surface area contributed by atoms with Gasteiger partial charge in [-0.1, -0.05) is 28.1 Å². The number of aldehydes is 1. The van der Waals surface area contributed by atoms with Crippen LogP contribution in [0.4, 0.5) is 0 Å². The number of carbonyl (C=O) groups is 3. The van der Waals surface area contributed by atoms with Crippen LogP contribution < -0.4 is 0 Å². The number of hydrogen-bond donors (Lipinski definition) is 1. The van der Waals surface area contributed by atoms with Crippen molar-refractivity contribution in [2.24, 2.45) is 0 Å². The molecule has 17 heavy (non-hydrogen) atoms. The van der Waals surface area contributed by atoms with Crippen LogP contribution in [-0.2, 0) is 11.2 Å². The zero-order valence-corrected chi connectivity index (χ0v) is 10.7. The molecular weight excluding hydrogens is 288 g/mol. The highest BCUT2D eigenvalue weighted by molar-refractivity contribution is 9.10. The molecule has 0 aromatic heterocycles. The molecule has 0 fully saturated rings. The van der Waals surface area contributed by atoms with Crippen molar-refractivity contribution in [2.75, 3.05) is 0 Å². The summed E-state index contributed by atoms with van der Waals surface area (Å²) in [5.74, 6) is -1.23. The Morgan fingerprint density at radius 2 is 2.12 bits per heavy atom. The number of benzene rings is 1. The van der Waals surface area contributed by atoms with Gasteiger partial charge in [-0.05, 0) is 18.6 Å². The summed E-state index contributed by atoms with van der Waals surface area (Å²) in [5, 5.41) is 8.76. The molecule has 90 valence electrons. The Bertz CT molecular complexity index is 466. The molecule has 0 aliphatic heterocycles.